The van der Waals surface area contributed by atoms with Crippen LogP contribution in [-0.2, 0) is 122 Å². The van der Waals surface area contributed by atoms with E-state index in [1.165, 1.54) is 72.2 Å². The Balaban J connectivity index is 0.000000183. The maximum atomic E-state index is 13.7. The Bertz CT molecular complexity index is 5860. The van der Waals surface area contributed by atoms with Gasteiger partial charge in [0, 0.05) is 14.2 Å². The van der Waals surface area contributed by atoms with Crippen LogP contribution in [0.5, 0.6) is 0 Å². The third-order valence-electron chi connectivity index (χ3n) is 20.6. The van der Waals surface area contributed by atoms with Gasteiger partial charge in [-0.25, -0.2) is 106 Å². The van der Waals surface area contributed by atoms with Gasteiger partial charge in [-0.3, -0.25) is 27.3 Å². The number of aliphatic hydroxyl groups excluding tert-OH is 4. The van der Waals surface area contributed by atoms with Crippen molar-refractivity contribution >= 4 is 155 Å². The number of ether oxygens (including phenoxy) is 18. The van der Waals surface area contributed by atoms with Crippen molar-refractivity contribution < 1.29 is 171 Å². The summed E-state index contributed by atoms with van der Waals surface area (Å²) in [6.07, 6.45) is 15.6. The summed E-state index contributed by atoms with van der Waals surface area (Å²) in [5.74, 6) is 8.48. The van der Waals surface area contributed by atoms with Crippen LogP contribution in [0.2, 0.25) is 0 Å². The minimum Gasteiger partial charge on any atom is -0.432 e. The number of phosphoric acid groups is 2. The minimum absolute atomic E-state index is 0.0210. The zero-order valence-corrected chi connectivity index (χ0v) is 79.1. The molecule has 6 fully saturated rings. The van der Waals surface area contributed by atoms with Crippen LogP contribution < -0.4 is 22.9 Å². The molecular weight excluding hydrogens is 1970 g/mol. The van der Waals surface area contributed by atoms with Crippen LogP contribution in [0.25, 0.3) is 44.7 Å². The first-order chi connectivity index (χ1) is 65.5. The zero-order chi connectivity index (χ0) is 101. The Hall–Kier alpha value is -10.5. The fraction of sp³-hybridized carbons (Fsp3) is 0.579. The number of hydrogen-bond acceptors (Lipinski definition) is 52. The Labute approximate surface area is 801 Å². The van der Waals surface area contributed by atoms with E-state index in [2.05, 4.69) is 93.0 Å². The number of carbonyl (C=O) groups excluding carboxylic acids is 4. The van der Waals surface area contributed by atoms with E-state index < -0.39 is 237 Å². The second-order valence-corrected chi connectivity index (χ2v) is 35.3. The lowest BCUT2D eigenvalue weighted by Crippen LogP contribution is -2.53. The lowest BCUT2D eigenvalue weighted by Gasteiger charge is -2.32. The van der Waals surface area contributed by atoms with Gasteiger partial charge in [0.05, 0.1) is 99.7 Å². The zero-order valence-electron chi connectivity index (χ0n) is 74.3. The van der Waals surface area contributed by atoms with E-state index in [1.807, 2.05) is 0 Å². The SMILES string of the molecule is C#C[C@@]1(O)[C@H](O)[C@@](CCl)(COP(=O)(OCOC(=O)OC(C)C)OCOC(=O)OC(C)C)O[C@H]1n1cnc2c(N)ncnc21.C#C[C@@]1(O)[C@H](O)[C@](CO)(CCl)O[C@H]1n1cnc2c(N)ncnc21.C#C[C@@]12OC(OC)O[C@@H]1[C@@](CCl)(COP(=O)(OCOC(=O)OC(C)C)OCOC(=O)OC(C)C)O[C@H]2n1cnc2c(N)ncnc21.C#C[C@@]12OC(OC)O[C@@H]1[C@](CO)(CCl)O[C@H]2n1cnc2c(N)ncnc21. The van der Waals surface area contributed by atoms with Gasteiger partial charge in [0.2, 0.25) is 38.4 Å². The van der Waals surface area contributed by atoms with Gasteiger partial charge in [0.25, 0.3) is 13.0 Å². The molecule has 56 nitrogen and oxygen atoms in total. The van der Waals surface area contributed by atoms with Crippen molar-refractivity contribution in [1.82, 2.24) is 78.1 Å². The van der Waals surface area contributed by atoms with Crippen molar-refractivity contribution in [3.05, 3.63) is 50.6 Å². The molecule has 0 aromatic carbocycles. The molecular formula is C76H94Cl4N20O36P2. The molecule has 0 spiro atoms. The third kappa shape index (κ3) is 21.7. The average molecular weight is 2070 g/mol. The van der Waals surface area contributed by atoms with Crippen LogP contribution >= 0.6 is 62.0 Å². The quantitative estimate of drug-likeness (QED) is 0.00692. The molecule has 2 unspecified atom stereocenters. The summed E-state index contributed by atoms with van der Waals surface area (Å²) >= 11 is 24.6. The number of fused-ring (bicyclic) bond motifs is 6. The van der Waals surface area contributed by atoms with Gasteiger partial charge in [0.15, 0.2) is 82.0 Å². The first-order valence-corrected chi connectivity index (χ1v) is 45.3. The number of aromatic nitrogens is 16. The highest BCUT2D eigenvalue weighted by Crippen LogP contribution is 2.59. The number of nitrogen functional groups attached to an aromatic ring is 4. The summed E-state index contributed by atoms with van der Waals surface area (Å²) in [6, 6.07) is 0. The number of nitrogens with zero attached hydrogens (tertiary/aromatic N) is 16. The van der Waals surface area contributed by atoms with E-state index in [4.69, 9.17) is 198 Å². The minimum atomic E-state index is -4.82. The molecule has 8 aromatic rings. The van der Waals surface area contributed by atoms with Crippen LogP contribution in [0.3, 0.4) is 0 Å². The monoisotopic (exact) mass is 2060 g/mol. The number of phosphoric ester groups is 2. The van der Waals surface area contributed by atoms with Crippen molar-refractivity contribution in [2.24, 2.45) is 0 Å². The summed E-state index contributed by atoms with van der Waals surface area (Å²) in [6.45, 7) is 3.66. The number of rotatable bonds is 34. The summed E-state index contributed by atoms with van der Waals surface area (Å²) in [5.41, 5.74) is 10.9. The number of aliphatic hydroxyl groups is 6. The molecule has 0 aliphatic carbocycles. The molecule has 0 radical (unpaired) electrons. The molecule has 18 atom stereocenters. The molecule has 6 aliphatic heterocycles. The van der Waals surface area contributed by atoms with Gasteiger partial charge in [-0.2, -0.15) is 0 Å². The molecule has 6 aliphatic rings. The average Bonchev–Trinajstić information content (AvgIpc) is 1.54. The van der Waals surface area contributed by atoms with E-state index in [0.29, 0.717) is 11.2 Å². The molecule has 0 saturated carbocycles. The Kier molecular flexibility index (Phi) is 34.8. The number of halogens is 4. The first-order valence-electron chi connectivity index (χ1n) is 40.2. The smallest absolute Gasteiger partial charge is 0.432 e. The number of methoxy groups -OCH3 is 2. The molecule has 14 rings (SSSR count). The second-order valence-electron chi connectivity index (χ2n) is 30.9. The highest BCUT2D eigenvalue weighted by atomic mass is 35.5. The number of anilines is 4. The van der Waals surface area contributed by atoms with E-state index in [0.717, 1.165) is 6.33 Å². The summed E-state index contributed by atoms with van der Waals surface area (Å²) in [7, 11) is -6.85. The predicted molar refractivity (Wildman–Crippen MR) is 465 cm³/mol. The fourth-order valence-electron chi connectivity index (χ4n) is 14.1. The summed E-state index contributed by atoms with van der Waals surface area (Å²) in [4.78, 5) is 95.7. The van der Waals surface area contributed by atoms with Crippen LogP contribution in [0, 0.1) is 49.4 Å². The molecule has 0 bridgehead atoms. The number of nitrogens with two attached hydrogens (primary N) is 4. The molecule has 62 heteroatoms. The number of hydrogen-bond donors (Lipinski definition) is 10. The molecule has 8 aromatic heterocycles. The normalized spacial score (nSPS) is 28.5. The molecule has 752 valence electrons. The highest BCUT2D eigenvalue weighted by Gasteiger charge is 2.74. The Morgan fingerprint density at radius 1 is 0.413 bits per heavy atom. The van der Waals surface area contributed by atoms with Crippen LogP contribution in [0.15, 0.2) is 50.6 Å². The van der Waals surface area contributed by atoms with Gasteiger partial charge in [-0.1, -0.05) is 23.7 Å². The highest BCUT2D eigenvalue weighted by molar-refractivity contribution is 7.48. The van der Waals surface area contributed by atoms with E-state index in [9.17, 15) is 58.9 Å². The molecule has 14 heterocycles. The Morgan fingerprint density at radius 2 is 0.681 bits per heavy atom. The van der Waals surface area contributed by atoms with Crippen molar-refractivity contribution in [2.75, 3.05) is 114 Å². The number of alkyl halides is 4. The van der Waals surface area contributed by atoms with Gasteiger partial charge in [-0.05, 0) is 55.4 Å². The second kappa shape index (κ2) is 44.5. The standard InChI is InChI=1S/C25H33ClN5O14P.C23H31ClN5O13P.C15H16ClN5O5.C13H14ClN5O4/c1-7-25-19(43-23(35-6)45-25)24(8-26,44-20(25)31-11-30-16-17(27)28-10-29-18(16)31)9-38-46(34,39-12-36-21(32)41-14(2)3)40-13-37-22(33)42-15(4)5;1-6-23(33)18(30)22(7-24,42-19(23)29-10-28-15-16(25)26-9-27-17(15)29)8-37-43(34,38-11-35-20(31)40-13(2)3)39-12-36-21(32)41-14(4)5;1-3-15-11(24-13(23-2)26-15)14(4-16,5-22)25-12(15)21-7-20-8-9(17)18-6-19-10(8)21;1-2-13(22)10(21)12(3-14,4-20)23-11(13)19-6-18-7-8(15)16-5-17-9(7)19/h1,10-11,14-15,19-20,23H,8-9,12-13H2,2-6H3,(H2,27,28,29);1,9-10,13-14,18-19,30,33H,7-8,11-12H2,2-5H3,(H2,25,26,27);1,6-7,11-13,22H,4-5H2,2H3,(H2,17,18,19);1,5-6,10-11,20-22H,3-4H2,(H2,15,16,17)/t19-,20-,23?,24-,25-;18-,19-,22-,23-;11-,12-,13?,14-,15-;10-,11-,12-,13-/m1111/s1. The lowest BCUT2D eigenvalue weighted by molar-refractivity contribution is -0.274. The number of terminal acetylenes is 4. The fourth-order valence-corrected chi connectivity index (χ4v) is 17.2. The van der Waals surface area contributed by atoms with Gasteiger partial charge >= 0.3 is 40.3 Å². The van der Waals surface area contributed by atoms with Gasteiger partial charge in [-0.15, -0.1) is 72.1 Å². The van der Waals surface area contributed by atoms with E-state index >= 15 is 0 Å². The van der Waals surface area contributed by atoms with Crippen molar-refractivity contribution in [1.29, 1.82) is 0 Å². The van der Waals surface area contributed by atoms with Crippen LogP contribution in [0.1, 0.15) is 80.3 Å². The van der Waals surface area contributed by atoms with Crippen LogP contribution in [0.4, 0.5) is 42.4 Å². The van der Waals surface area contributed by atoms with Gasteiger partial charge < -0.3 is 139 Å². The van der Waals surface area contributed by atoms with E-state index in [-0.39, 0.29) is 68.5 Å². The van der Waals surface area contributed by atoms with Crippen molar-refractivity contribution in [2.45, 2.75) is 187 Å². The van der Waals surface area contributed by atoms with E-state index in [1.54, 1.807) is 60.0 Å². The lowest BCUT2D eigenvalue weighted by atomic mass is 9.88. The van der Waals surface area contributed by atoms with Crippen molar-refractivity contribution in [3.8, 4) is 49.4 Å². The molecule has 6 saturated heterocycles. The summed E-state index contributed by atoms with van der Waals surface area (Å²) in [5, 5.41) is 63.2. The third-order valence-corrected chi connectivity index (χ3v) is 25.0. The largest absolute Gasteiger partial charge is 0.510 e. The Morgan fingerprint density at radius 3 is 0.957 bits per heavy atom. The number of carbonyl (C=O) groups is 4. The maximum Gasteiger partial charge on any atom is 0.510 e. The molecule has 0 amide bonds. The van der Waals surface area contributed by atoms with Crippen LogP contribution in [-0.4, -0.2) is 331 Å². The number of imidazole rings is 4. The maximum absolute atomic E-state index is 13.7. The molecule has 14 N–H and O–H groups in total. The summed E-state index contributed by atoms with van der Waals surface area (Å²) < 4.78 is 160. The molecule has 138 heavy (non-hydrogen) atoms. The predicted octanol–water partition coefficient (Wildman–Crippen LogP) is 2.92. The first kappa shape index (κ1) is 108. The topological polar surface area (TPSA) is 724 Å². The van der Waals surface area contributed by atoms with Gasteiger partial charge in [0.1, 0.15) is 94.2 Å². The van der Waals surface area contributed by atoms with Crippen molar-refractivity contribution in [3.63, 3.8) is 0 Å².